The molecule has 2 aromatic rings. The summed E-state index contributed by atoms with van der Waals surface area (Å²) in [5.74, 6) is -0.483. The molecule has 0 aromatic carbocycles. The number of aryl methyl sites for hydroxylation is 2. The van der Waals surface area contributed by atoms with E-state index in [1.165, 1.54) is 5.56 Å². The van der Waals surface area contributed by atoms with E-state index in [0.717, 1.165) is 17.7 Å². The number of thiophene rings is 1. The fourth-order valence-corrected chi connectivity index (χ4v) is 2.70. The van der Waals surface area contributed by atoms with E-state index in [4.69, 9.17) is 0 Å². The monoisotopic (exact) mass is 276 g/mol. The number of pyridine rings is 1. The molecule has 0 amide bonds. The molecule has 4 nitrogen and oxygen atoms in total. The van der Waals surface area contributed by atoms with E-state index in [-0.39, 0.29) is 5.56 Å². The van der Waals surface area contributed by atoms with Crippen LogP contribution in [0.3, 0.4) is 0 Å². The number of aromatic nitrogens is 1. The van der Waals surface area contributed by atoms with Gasteiger partial charge in [0.2, 0.25) is 0 Å². The Labute approximate surface area is 116 Å². The number of nitrogens with zero attached hydrogens (tertiary/aromatic N) is 1. The first kappa shape index (κ1) is 13.5. The molecule has 19 heavy (non-hydrogen) atoms. The van der Waals surface area contributed by atoms with Crippen molar-refractivity contribution >= 4 is 23.1 Å². The van der Waals surface area contributed by atoms with Crippen molar-refractivity contribution in [3.05, 3.63) is 45.3 Å². The largest absolute Gasteiger partial charge is 0.478 e. The van der Waals surface area contributed by atoms with Gasteiger partial charge in [0.25, 0.3) is 0 Å². The number of aromatic carboxylic acids is 1. The van der Waals surface area contributed by atoms with Crippen LogP contribution in [0.2, 0.25) is 0 Å². The highest BCUT2D eigenvalue weighted by Crippen LogP contribution is 2.19. The first-order valence-corrected chi connectivity index (χ1v) is 6.98. The molecule has 0 aliphatic carbocycles. The minimum absolute atomic E-state index is 0.260. The molecule has 0 radical (unpaired) electrons. The molecular weight excluding hydrogens is 260 g/mol. The summed E-state index contributed by atoms with van der Waals surface area (Å²) in [6.45, 7) is 4.33. The Morgan fingerprint density at radius 2 is 2.26 bits per heavy atom. The summed E-state index contributed by atoms with van der Waals surface area (Å²) in [5.41, 5.74) is 3.06. The van der Waals surface area contributed by atoms with Crippen LogP contribution in [0.15, 0.2) is 22.9 Å². The minimum atomic E-state index is -0.942. The van der Waals surface area contributed by atoms with Gasteiger partial charge in [0.1, 0.15) is 11.4 Å². The van der Waals surface area contributed by atoms with Gasteiger partial charge in [-0.1, -0.05) is 0 Å². The highest BCUT2D eigenvalue weighted by molar-refractivity contribution is 7.07. The molecule has 5 heteroatoms. The number of rotatable bonds is 5. The van der Waals surface area contributed by atoms with E-state index in [2.05, 4.69) is 21.7 Å². The molecule has 2 aromatic heterocycles. The van der Waals surface area contributed by atoms with Gasteiger partial charge in [-0.15, -0.1) is 0 Å². The van der Waals surface area contributed by atoms with Crippen LogP contribution in [0.25, 0.3) is 0 Å². The Hall–Kier alpha value is -1.88. The lowest BCUT2D eigenvalue weighted by atomic mass is 10.1. The highest BCUT2D eigenvalue weighted by atomic mass is 32.1. The fourth-order valence-electron chi connectivity index (χ4n) is 1.99. The Balaban J connectivity index is 2.12. The summed E-state index contributed by atoms with van der Waals surface area (Å²) in [4.78, 5) is 15.6. The molecule has 0 aliphatic heterocycles. The molecular formula is C14H16N2O2S. The third-order valence-corrected chi connectivity index (χ3v) is 3.58. The lowest BCUT2D eigenvalue weighted by Crippen LogP contribution is -2.13. The van der Waals surface area contributed by atoms with Crippen LogP contribution in [0, 0.1) is 13.8 Å². The summed E-state index contributed by atoms with van der Waals surface area (Å²) in [5, 5.41) is 16.5. The second-order valence-electron chi connectivity index (χ2n) is 4.42. The van der Waals surface area contributed by atoms with Crippen LogP contribution >= 0.6 is 11.3 Å². The summed E-state index contributed by atoms with van der Waals surface area (Å²) in [6, 6.07) is 3.85. The summed E-state index contributed by atoms with van der Waals surface area (Å²) in [7, 11) is 0. The van der Waals surface area contributed by atoms with Crippen molar-refractivity contribution in [1.29, 1.82) is 0 Å². The fraction of sp³-hybridized carbons (Fsp3) is 0.286. The molecule has 2 heterocycles. The van der Waals surface area contributed by atoms with E-state index in [1.807, 2.05) is 12.3 Å². The molecule has 100 valence electrons. The SMILES string of the molecule is Cc1cc(C)c(C(=O)O)c(NCCc2ccsc2)n1. The zero-order valence-electron chi connectivity index (χ0n) is 10.9. The second kappa shape index (κ2) is 5.84. The normalized spacial score (nSPS) is 10.4. The van der Waals surface area contributed by atoms with E-state index in [9.17, 15) is 9.90 Å². The van der Waals surface area contributed by atoms with Crippen molar-refractivity contribution in [2.45, 2.75) is 20.3 Å². The molecule has 0 unspecified atom stereocenters. The molecule has 0 aliphatic rings. The van der Waals surface area contributed by atoms with Crippen LogP contribution < -0.4 is 5.32 Å². The lowest BCUT2D eigenvalue weighted by molar-refractivity contribution is 0.0697. The molecule has 0 saturated carbocycles. The third-order valence-electron chi connectivity index (χ3n) is 2.84. The molecule has 0 spiro atoms. The molecule has 0 fully saturated rings. The Bertz CT molecular complexity index is 579. The maximum absolute atomic E-state index is 11.3. The number of carboxylic acids is 1. The van der Waals surface area contributed by atoms with Gasteiger partial charge in [-0.05, 0) is 54.3 Å². The van der Waals surface area contributed by atoms with Crippen LogP contribution in [0.5, 0.6) is 0 Å². The Morgan fingerprint density at radius 1 is 1.47 bits per heavy atom. The summed E-state index contributed by atoms with van der Waals surface area (Å²) >= 11 is 1.66. The Kier molecular flexibility index (Phi) is 4.16. The quantitative estimate of drug-likeness (QED) is 0.880. The average molecular weight is 276 g/mol. The first-order chi connectivity index (χ1) is 9.08. The lowest BCUT2D eigenvalue weighted by Gasteiger charge is -2.11. The van der Waals surface area contributed by atoms with Crippen LogP contribution in [0.4, 0.5) is 5.82 Å². The van der Waals surface area contributed by atoms with Gasteiger partial charge in [0, 0.05) is 12.2 Å². The van der Waals surface area contributed by atoms with Gasteiger partial charge in [-0.2, -0.15) is 11.3 Å². The minimum Gasteiger partial charge on any atom is -0.478 e. The number of nitrogens with one attached hydrogen (secondary N) is 1. The van der Waals surface area contributed by atoms with Crippen molar-refractivity contribution in [3.63, 3.8) is 0 Å². The molecule has 2 N–H and O–H groups in total. The van der Waals surface area contributed by atoms with Gasteiger partial charge in [-0.25, -0.2) is 9.78 Å². The number of hydrogen-bond donors (Lipinski definition) is 2. The third kappa shape index (κ3) is 3.32. The number of carbonyl (C=O) groups is 1. The van der Waals surface area contributed by atoms with Gasteiger partial charge in [0.15, 0.2) is 0 Å². The van der Waals surface area contributed by atoms with Crippen LogP contribution in [-0.2, 0) is 6.42 Å². The van der Waals surface area contributed by atoms with Gasteiger partial charge < -0.3 is 10.4 Å². The van der Waals surface area contributed by atoms with Crippen LogP contribution in [0.1, 0.15) is 27.2 Å². The van der Waals surface area contributed by atoms with Crippen molar-refractivity contribution in [1.82, 2.24) is 4.98 Å². The molecule has 0 atom stereocenters. The van der Waals surface area contributed by atoms with Crippen molar-refractivity contribution in [3.8, 4) is 0 Å². The molecule has 0 saturated heterocycles. The average Bonchev–Trinajstić information content (AvgIpc) is 2.80. The standard InChI is InChI=1S/C14H16N2O2S/c1-9-7-10(2)16-13(12(9)14(17)18)15-5-3-11-4-6-19-8-11/h4,6-8H,3,5H2,1-2H3,(H,15,16)(H,17,18). The van der Waals surface area contributed by atoms with E-state index in [1.54, 1.807) is 24.3 Å². The number of carboxylic acid groups (broad SMARTS) is 1. The smallest absolute Gasteiger partial charge is 0.339 e. The Morgan fingerprint density at radius 3 is 2.89 bits per heavy atom. The topological polar surface area (TPSA) is 62.2 Å². The molecule has 0 bridgehead atoms. The zero-order valence-corrected chi connectivity index (χ0v) is 11.8. The van der Waals surface area contributed by atoms with Crippen LogP contribution in [-0.4, -0.2) is 22.6 Å². The van der Waals surface area contributed by atoms with Crippen molar-refractivity contribution in [2.75, 3.05) is 11.9 Å². The van der Waals surface area contributed by atoms with E-state index >= 15 is 0 Å². The van der Waals surface area contributed by atoms with Gasteiger partial charge in [0.05, 0.1) is 0 Å². The number of anilines is 1. The van der Waals surface area contributed by atoms with Gasteiger partial charge in [-0.3, -0.25) is 0 Å². The molecule has 2 rings (SSSR count). The summed E-state index contributed by atoms with van der Waals surface area (Å²) < 4.78 is 0. The summed E-state index contributed by atoms with van der Waals surface area (Å²) in [6.07, 6.45) is 0.858. The maximum atomic E-state index is 11.3. The zero-order chi connectivity index (χ0) is 13.8. The second-order valence-corrected chi connectivity index (χ2v) is 5.20. The maximum Gasteiger partial charge on any atom is 0.339 e. The van der Waals surface area contributed by atoms with Gasteiger partial charge >= 0.3 is 5.97 Å². The first-order valence-electron chi connectivity index (χ1n) is 6.04. The van der Waals surface area contributed by atoms with E-state index in [0.29, 0.717) is 12.4 Å². The predicted molar refractivity (Wildman–Crippen MR) is 77.2 cm³/mol. The van der Waals surface area contributed by atoms with Crippen molar-refractivity contribution < 1.29 is 9.90 Å². The van der Waals surface area contributed by atoms with E-state index < -0.39 is 5.97 Å². The number of hydrogen-bond acceptors (Lipinski definition) is 4. The highest BCUT2D eigenvalue weighted by Gasteiger charge is 2.15. The predicted octanol–water partition coefficient (Wildman–Crippen LogP) is 3.11. The van der Waals surface area contributed by atoms with Crippen molar-refractivity contribution in [2.24, 2.45) is 0 Å².